The summed E-state index contributed by atoms with van der Waals surface area (Å²) in [7, 11) is 0. The van der Waals surface area contributed by atoms with Gasteiger partial charge in [-0.25, -0.2) is 0 Å². The fourth-order valence-electron chi connectivity index (χ4n) is 1.27. The van der Waals surface area contributed by atoms with Gasteiger partial charge in [-0.1, -0.05) is 24.3 Å². The highest BCUT2D eigenvalue weighted by molar-refractivity contribution is 5.31. The van der Waals surface area contributed by atoms with Gasteiger partial charge in [0.05, 0.1) is 12.5 Å². The van der Waals surface area contributed by atoms with Crippen LogP contribution in [0.3, 0.4) is 0 Å². The Labute approximate surface area is 78.0 Å². The maximum Gasteiger partial charge on any atom is 0.0669 e. The maximum atomic E-state index is 8.58. The van der Waals surface area contributed by atoms with Gasteiger partial charge in [-0.05, 0) is 11.1 Å². The predicted molar refractivity (Wildman–Crippen MR) is 51.7 cm³/mol. The van der Waals surface area contributed by atoms with Crippen LogP contribution < -0.4 is 11.5 Å². The lowest BCUT2D eigenvalue weighted by Gasteiger charge is -2.12. The van der Waals surface area contributed by atoms with Crippen molar-refractivity contribution >= 4 is 0 Å². The summed E-state index contributed by atoms with van der Waals surface area (Å²) in [6.45, 7) is 0.405. The SMILES string of the molecule is N#CCc1ccccc1[C@H](N)CN. The molecule has 0 aliphatic heterocycles. The first-order chi connectivity index (χ1) is 6.29. The van der Waals surface area contributed by atoms with Gasteiger partial charge >= 0.3 is 0 Å². The van der Waals surface area contributed by atoms with Gasteiger partial charge in [-0.2, -0.15) is 5.26 Å². The Morgan fingerprint density at radius 1 is 1.38 bits per heavy atom. The van der Waals surface area contributed by atoms with Crippen molar-refractivity contribution < 1.29 is 0 Å². The largest absolute Gasteiger partial charge is 0.329 e. The molecule has 13 heavy (non-hydrogen) atoms. The molecule has 0 saturated heterocycles. The first-order valence-corrected chi connectivity index (χ1v) is 4.20. The van der Waals surface area contributed by atoms with Crippen LogP contribution >= 0.6 is 0 Å². The van der Waals surface area contributed by atoms with Crippen molar-refractivity contribution in [1.82, 2.24) is 0 Å². The van der Waals surface area contributed by atoms with Gasteiger partial charge in [0.25, 0.3) is 0 Å². The van der Waals surface area contributed by atoms with Gasteiger partial charge in [-0.15, -0.1) is 0 Å². The van der Waals surface area contributed by atoms with Crippen molar-refractivity contribution in [1.29, 1.82) is 5.26 Å². The standard InChI is InChI=1S/C10H13N3/c11-6-5-8-3-1-2-4-9(8)10(13)7-12/h1-4,10H,5,7,12-13H2/t10-/m1/s1. The maximum absolute atomic E-state index is 8.58. The molecule has 0 radical (unpaired) electrons. The minimum Gasteiger partial charge on any atom is -0.329 e. The van der Waals surface area contributed by atoms with E-state index in [1.807, 2.05) is 24.3 Å². The fraction of sp³-hybridized carbons (Fsp3) is 0.300. The third-order valence-electron chi connectivity index (χ3n) is 1.98. The van der Waals surface area contributed by atoms with Crippen LogP contribution in [0.4, 0.5) is 0 Å². The van der Waals surface area contributed by atoms with Gasteiger partial charge in [0, 0.05) is 12.6 Å². The van der Waals surface area contributed by atoms with Crippen LogP contribution in [-0.2, 0) is 6.42 Å². The first-order valence-electron chi connectivity index (χ1n) is 4.20. The minimum atomic E-state index is -0.162. The molecule has 1 rings (SSSR count). The quantitative estimate of drug-likeness (QED) is 0.710. The molecule has 3 heteroatoms. The molecule has 0 fully saturated rings. The van der Waals surface area contributed by atoms with Crippen LogP contribution in [0.1, 0.15) is 17.2 Å². The lowest BCUT2D eigenvalue weighted by Crippen LogP contribution is -2.21. The van der Waals surface area contributed by atoms with Crippen molar-refractivity contribution in [2.45, 2.75) is 12.5 Å². The number of rotatable bonds is 3. The Kier molecular flexibility index (Phi) is 3.44. The van der Waals surface area contributed by atoms with Gasteiger partial charge in [0.2, 0.25) is 0 Å². The topological polar surface area (TPSA) is 75.8 Å². The van der Waals surface area contributed by atoms with Gasteiger partial charge in [0.15, 0.2) is 0 Å². The molecular formula is C10H13N3. The molecule has 0 saturated carbocycles. The molecule has 0 unspecified atom stereocenters. The second-order valence-electron chi connectivity index (χ2n) is 2.88. The zero-order chi connectivity index (χ0) is 9.68. The van der Waals surface area contributed by atoms with Crippen LogP contribution in [0.2, 0.25) is 0 Å². The number of nitrogens with two attached hydrogens (primary N) is 2. The minimum absolute atomic E-state index is 0.162. The second kappa shape index (κ2) is 4.61. The lowest BCUT2D eigenvalue weighted by molar-refractivity contribution is 0.729. The molecule has 0 amide bonds. The molecule has 0 bridgehead atoms. The Morgan fingerprint density at radius 2 is 2.08 bits per heavy atom. The van der Waals surface area contributed by atoms with Crippen LogP contribution in [0, 0.1) is 11.3 Å². The summed E-state index contributed by atoms with van der Waals surface area (Å²) < 4.78 is 0. The molecule has 0 aliphatic rings. The van der Waals surface area contributed by atoms with E-state index in [1.54, 1.807) is 0 Å². The number of nitrogens with zero attached hydrogens (tertiary/aromatic N) is 1. The van der Waals surface area contributed by atoms with Crippen molar-refractivity contribution in [2.75, 3.05) is 6.54 Å². The normalized spacial score (nSPS) is 12.1. The van der Waals surface area contributed by atoms with Crippen molar-refractivity contribution in [3.05, 3.63) is 35.4 Å². The third-order valence-corrected chi connectivity index (χ3v) is 1.98. The van der Waals surface area contributed by atoms with Crippen LogP contribution in [-0.4, -0.2) is 6.54 Å². The number of nitriles is 1. The Hall–Kier alpha value is -1.37. The van der Waals surface area contributed by atoms with E-state index in [2.05, 4.69) is 6.07 Å². The van der Waals surface area contributed by atoms with Crippen molar-refractivity contribution in [3.63, 3.8) is 0 Å². The summed E-state index contributed by atoms with van der Waals surface area (Å²) in [5.74, 6) is 0. The van der Waals surface area contributed by atoms with E-state index in [0.717, 1.165) is 11.1 Å². The molecule has 1 aromatic rings. The molecule has 1 aromatic carbocycles. The summed E-state index contributed by atoms with van der Waals surface area (Å²) >= 11 is 0. The molecule has 0 aromatic heterocycles. The highest BCUT2D eigenvalue weighted by atomic mass is 14.7. The van der Waals surface area contributed by atoms with E-state index in [1.165, 1.54) is 0 Å². The van der Waals surface area contributed by atoms with Crippen molar-refractivity contribution in [3.8, 4) is 6.07 Å². The number of benzene rings is 1. The monoisotopic (exact) mass is 175 g/mol. The van der Waals surface area contributed by atoms with E-state index in [-0.39, 0.29) is 6.04 Å². The average Bonchev–Trinajstić information content (AvgIpc) is 2.18. The predicted octanol–water partition coefficient (Wildman–Crippen LogP) is 0.711. The highest BCUT2D eigenvalue weighted by Gasteiger charge is 2.07. The summed E-state index contributed by atoms with van der Waals surface area (Å²) in [5, 5.41) is 8.58. The second-order valence-corrected chi connectivity index (χ2v) is 2.88. The zero-order valence-electron chi connectivity index (χ0n) is 7.40. The Balaban J connectivity index is 2.98. The molecular weight excluding hydrogens is 162 g/mol. The van der Waals surface area contributed by atoms with Crippen LogP contribution in [0.5, 0.6) is 0 Å². The smallest absolute Gasteiger partial charge is 0.0669 e. The molecule has 0 spiro atoms. The molecule has 4 N–H and O–H groups in total. The van der Waals surface area contributed by atoms with Crippen LogP contribution in [0.25, 0.3) is 0 Å². The Bertz CT molecular complexity index is 314. The molecule has 0 heterocycles. The molecule has 3 nitrogen and oxygen atoms in total. The summed E-state index contributed by atoms with van der Waals surface area (Å²) in [6.07, 6.45) is 0.393. The first kappa shape index (κ1) is 9.72. The fourth-order valence-corrected chi connectivity index (χ4v) is 1.27. The van der Waals surface area contributed by atoms with E-state index < -0.39 is 0 Å². The number of hydrogen-bond acceptors (Lipinski definition) is 3. The zero-order valence-corrected chi connectivity index (χ0v) is 7.40. The number of hydrogen-bond donors (Lipinski definition) is 2. The van der Waals surface area contributed by atoms with E-state index in [9.17, 15) is 0 Å². The summed E-state index contributed by atoms with van der Waals surface area (Å²) in [6, 6.07) is 9.59. The van der Waals surface area contributed by atoms with E-state index >= 15 is 0 Å². The third kappa shape index (κ3) is 2.28. The van der Waals surface area contributed by atoms with Gasteiger partial charge in [0.1, 0.15) is 0 Å². The summed E-state index contributed by atoms with van der Waals surface area (Å²) in [5.41, 5.74) is 13.2. The van der Waals surface area contributed by atoms with Gasteiger partial charge in [-0.3, -0.25) is 0 Å². The average molecular weight is 175 g/mol. The molecule has 0 aliphatic carbocycles. The Morgan fingerprint density at radius 3 is 2.69 bits per heavy atom. The lowest BCUT2D eigenvalue weighted by atomic mass is 9.99. The van der Waals surface area contributed by atoms with Gasteiger partial charge < -0.3 is 11.5 Å². The molecule has 1 atom stereocenters. The summed E-state index contributed by atoms with van der Waals surface area (Å²) in [4.78, 5) is 0. The highest BCUT2D eigenvalue weighted by Crippen LogP contribution is 2.15. The van der Waals surface area contributed by atoms with Crippen LogP contribution in [0.15, 0.2) is 24.3 Å². The van der Waals surface area contributed by atoms with E-state index in [4.69, 9.17) is 16.7 Å². The molecule has 68 valence electrons. The van der Waals surface area contributed by atoms with Crippen molar-refractivity contribution in [2.24, 2.45) is 11.5 Å². The van der Waals surface area contributed by atoms with E-state index in [0.29, 0.717) is 13.0 Å².